The zero-order chi connectivity index (χ0) is 23.0. The van der Waals surface area contributed by atoms with Crippen molar-refractivity contribution in [3.63, 3.8) is 0 Å². The van der Waals surface area contributed by atoms with Gasteiger partial charge in [-0.1, -0.05) is 55.3 Å². The maximum absolute atomic E-state index is 13.5. The van der Waals surface area contributed by atoms with Crippen LogP contribution >= 0.6 is 0 Å². The van der Waals surface area contributed by atoms with Crippen molar-refractivity contribution in [3.05, 3.63) is 64.7 Å². The Bertz CT molecular complexity index is 874. The molecular formula is C26H36N2O3. The monoisotopic (exact) mass is 424 g/mol. The molecule has 0 radical (unpaired) electrons. The number of aryl methyl sites for hydroxylation is 2. The lowest BCUT2D eigenvalue weighted by molar-refractivity contribution is -0.141. The van der Waals surface area contributed by atoms with Crippen molar-refractivity contribution in [2.45, 2.75) is 72.5 Å². The highest BCUT2D eigenvalue weighted by atomic mass is 16.5. The molecule has 2 rings (SSSR count). The lowest BCUT2D eigenvalue weighted by Crippen LogP contribution is -2.51. The van der Waals surface area contributed by atoms with E-state index in [1.807, 2.05) is 71.0 Å². The maximum atomic E-state index is 13.5. The Labute approximate surface area is 186 Å². The van der Waals surface area contributed by atoms with Crippen molar-refractivity contribution >= 4 is 11.8 Å². The van der Waals surface area contributed by atoms with Gasteiger partial charge in [0.15, 0.2) is 0 Å². The molecule has 0 saturated carbocycles. The van der Waals surface area contributed by atoms with Crippen LogP contribution in [0, 0.1) is 13.8 Å². The Morgan fingerprint density at radius 3 is 2.26 bits per heavy atom. The van der Waals surface area contributed by atoms with Gasteiger partial charge in [0.1, 0.15) is 11.8 Å². The quantitative estimate of drug-likeness (QED) is 0.607. The van der Waals surface area contributed by atoms with E-state index < -0.39 is 6.04 Å². The Morgan fingerprint density at radius 2 is 1.68 bits per heavy atom. The number of hydrogen-bond donors (Lipinski definition) is 1. The van der Waals surface area contributed by atoms with E-state index in [0.29, 0.717) is 13.0 Å². The smallest absolute Gasteiger partial charge is 0.243 e. The third kappa shape index (κ3) is 7.12. The standard InChI is InChI=1S/C26H36N2O3/c1-7-20(5)27-26(30)24(8-2)28(17-21-10-9-11-23(15-21)31-6)25(29)16-22-13-18(3)12-19(4)14-22/h9-15,20,24H,7-8,16-17H2,1-6H3,(H,27,30)/t20-,24-/m1/s1. The largest absolute Gasteiger partial charge is 0.497 e. The van der Waals surface area contributed by atoms with Gasteiger partial charge < -0.3 is 15.0 Å². The number of carbonyl (C=O) groups excluding carboxylic acids is 2. The van der Waals surface area contributed by atoms with Crippen molar-refractivity contribution < 1.29 is 14.3 Å². The van der Waals surface area contributed by atoms with E-state index in [1.165, 1.54) is 0 Å². The van der Waals surface area contributed by atoms with Crippen molar-refractivity contribution in [3.8, 4) is 5.75 Å². The number of methoxy groups -OCH3 is 1. The number of amides is 2. The van der Waals surface area contributed by atoms with E-state index in [1.54, 1.807) is 12.0 Å². The summed E-state index contributed by atoms with van der Waals surface area (Å²) < 4.78 is 5.34. The average Bonchev–Trinajstić information content (AvgIpc) is 2.72. The number of carbonyl (C=O) groups is 2. The predicted octanol–water partition coefficient (Wildman–Crippen LogP) is 4.58. The summed E-state index contributed by atoms with van der Waals surface area (Å²) in [7, 11) is 1.62. The Hall–Kier alpha value is -2.82. The summed E-state index contributed by atoms with van der Waals surface area (Å²) in [5.74, 6) is 0.573. The minimum Gasteiger partial charge on any atom is -0.497 e. The highest BCUT2D eigenvalue weighted by Gasteiger charge is 2.29. The minimum atomic E-state index is -0.529. The van der Waals surface area contributed by atoms with Gasteiger partial charge in [0.25, 0.3) is 0 Å². The molecule has 0 aliphatic heterocycles. The molecule has 5 heteroatoms. The predicted molar refractivity (Wildman–Crippen MR) is 125 cm³/mol. The van der Waals surface area contributed by atoms with Crippen LogP contribution in [0.1, 0.15) is 55.9 Å². The third-order valence-corrected chi connectivity index (χ3v) is 5.51. The fourth-order valence-electron chi connectivity index (χ4n) is 3.78. The van der Waals surface area contributed by atoms with Gasteiger partial charge in [0.05, 0.1) is 13.5 Å². The molecule has 1 N–H and O–H groups in total. The van der Waals surface area contributed by atoms with Gasteiger partial charge in [-0.3, -0.25) is 9.59 Å². The number of hydrogen-bond acceptors (Lipinski definition) is 3. The van der Waals surface area contributed by atoms with Gasteiger partial charge in [0.2, 0.25) is 11.8 Å². The van der Waals surface area contributed by atoms with Crippen LogP contribution in [0.2, 0.25) is 0 Å². The number of rotatable bonds is 10. The summed E-state index contributed by atoms with van der Waals surface area (Å²) in [5, 5.41) is 3.05. The summed E-state index contributed by atoms with van der Waals surface area (Å²) in [5.41, 5.74) is 4.16. The lowest BCUT2D eigenvalue weighted by atomic mass is 10.0. The SMILES string of the molecule is CC[C@@H](C)NC(=O)[C@@H](CC)N(Cc1cccc(OC)c1)C(=O)Cc1cc(C)cc(C)c1. The zero-order valence-electron chi connectivity index (χ0n) is 19.7. The molecular weight excluding hydrogens is 388 g/mol. The van der Waals surface area contributed by atoms with Crippen molar-refractivity contribution in [1.29, 1.82) is 0 Å². The molecule has 0 spiro atoms. The fourth-order valence-corrected chi connectivity index (χ4v) is 3.78. The van der Waals surface area contributed by atoms with Crippen LogP contribution in [0.5, 0.6) is 5.75 Å². The molecule has 2 aromatic carbocycles. The fraction of sp³-hybridized carbons (Fsp3) is 0.462. The molecule has 2 atom stereocenters. The second kappa shape index (κ2) is 11.5. The molecule has 0 bridgehead atoms. The van der Waals surface area contributed by atoms with E-state index in [-0.39, 0.29) is 24.3 Å². The highest BCUT2D eigenvalue weighted by Crippen LogP contribution is 2.19. The van der Waals surface area contributed by atoms with Gasteiger partial charge in [-0.25, -0.2) is 0 Å². The molecule has 0 aliphatic rings. The molecule has 0 heterocycles. The van der Waals surface area contributed by atoms with Crippen LogP contribution in [0.25, 0.3) is 0 Å². The third-order valence-electron chi connectivity index (χ3n) is 5.51. The van der Waals surface area contributed by atoms with Gasteiger partial charge in [-0.05, 0) is 56.9 Å². The number of nitrogens with one attached hydrogen (secondary N) is 1. The zero-order valence-corrected chi connectivity index (χ0v) is 19.7. The first-order chi connectivity index (χ1) is 14.8. The number of benzene rings is 2. The van der Waals surface area contributed by atoms with Crippen LogP contribution in [0.4, 0.5) is 0 Å². The van der Waals surface area contributed by atoms with Crippen LogP contribution in [-0.4, -0.2) is 35.9 Å². The molecule has 0 unspecified atom stereocenters. The van der Waals surface area contributed by atoms with Gasteiger partial charge in [0, 0.05) is 12.6 Å². The average molecular weight is 425 g/mol. The highest BCUT2D eigenvalue weighted by molar-refractivity contribution is 5.88. The Morgan fingerprint density at radius 1 is 1.00 bits per heavy atom. The van der Waals surface area contributed by atoms with E-state index >= 15 is 0 Å². The second-order valence-corrected chi connectivity index (χ2v) is 8.29. The van der Waals surface area contributed by atoms with Crippen molar-refractivity contribution in [2.75, 3.05) is 7.11 Å². The first-order valence-corrected chi connectivity index (χ1v) is 11.1. The molecule has 0 fully saturated rings. The first-order valence-electron chi connectivity index (χ1n) is 11.1. The Balaban J connectivity index is 2.34. The summed E-state index contributed by atoms with van der Waals surface area (Å²) in [6.45, 7) is 10.4. The second-order valence-electron chi connectivity index (χ2n) is 8.29. The molecule has 2 amide bonds. The van der Waals surface area contributed by atoms with Gasteiger partial charge >= 0.3 is 0 Å². The van der Waals surface area contributed by atoms with Crippen LogP contribution in [-0.2, 0) is 22.6 Å². The van der Waals surface area contributed by atoms with Crippen molar-refractivity contribution in [2.24, 2.45) is 0 Å². The first kappa shape index (κ1) is 24.4. The molecule has 168 valence electrons. The van der Waals surface area contributed by atoms with Crippen molar-refractivity contribution in [1.82, 2.24) is 10.2 Å². The summed E-state index contributed by atoms with van der Waals surface area (Å²) >= 11 is 0. The van der Waals surface area contributed by atoms with E-state index in [0.717, 1.165) is 34.4 Å². The summed E-state index contributed by atoms with van der Waals surface area (Å²) in [6.07, 6.45) is 1.65. The summed E-state index contributed by atoms with van der Waals surface area (Å²) in [6, 6.07) is 13.3. The number of ether oxygens (including phenoxy) is 1. The van der Waals surface area contributed by atoms with Crippen LogP contribution in [0.3, 0.4) is 0 Å². The molecule has 0 aromatic heterocycles. The number of nitrogens with zero attached hydrogens (tertiary/aromatic N) is 1. The maximum Gasteiger partial charge on any atom is 0.243 e. The molecule has 31 heavy (non-hydrogen) atoms. The topological polar surface area (TPSA) is 58.6 Å². The summed E-state index contributed by atoms with van der Waals surface area (Å²) in [4.78, 5) is 28.2. The molecule has 0 saturated heterocycles. The van der Waals surface area contributed by atoms with Crippen LogP contribution < -0.4 is 10.1 Å². The van der Waals surface area contributed by atoms with E-state index in [2.05, 4.69) is 11.4 Å². The normalized spacial score (nSPS) is 12.7. The van der Waals surface area contributed by atoms with E-state index in [4.69, 9.17) is 4.74 Å². The van der Waals surface area contributed by atoms with Gasteiger partial charge in [-0.2, -0.15) is 0 Å². The van der Waals surface area contributed by atoms with E-state index in [9.17, 15) is 9.59 Å². The minimum absolute atomic E-state index is 0.0565. The van der Waals surface area contributed by atoms with Crippen LogP contribution in [0.15, 0.2) is 42.5 Å². The molecule has 0 aliphatic carbocycles. The molecule has 5 nitrogen and oxygen atoms in total. The van der Waals surface area contributed by atoms with Gasteiger partial charge in [-0.15, -0.1) is 0 Å². The molecule has 2 aromatic rings. The lowest BCUT2D eigenvalue weighted by Gasteiger charge is -2.31. The Kier molecular flexibility index (Phi) is 9.10.